The zero-order valence-corrected chi connectivity index (χ0v) is 15.8. The first-order valence-corrected chi connectivity index (χ1v) is 9.86. The van der Waals surface area contributed by atoms with Crippen molar-refractivity contribution in [3.05, 3.63) is 64.9 Å². The Morgan fingerprint density at radius 1 is 1.00 bits per heavy atom. The molecule has 0 N–H and O–H groups in total. The van der Waals surface area contributed by atoms with Gasteiger partial charge in [-0.1, -0.05) is 30.3 Å². The summed E-state index contributed by atoms with van der Waals surface area (Å²) in [7, 11) is 0. The quantitative estimate of drug-likeness (QED) is 0.741. The maximum absolute atomic E-state index is 12.4. The van der Waals surface area contributed by atoms with Gasteiger partial charge in [-0.3, -0.25) is 4.79 Å². The summed E-state index contributed by atoms with van der Waals surface area (Å²) in [6, 6.07) is 14.4. The number of ether oxygens (including phenoxy) is 3. The number of nitrogens with zero attached hydrogens (tertiary/aromatic N) is 1. The molecule has 0 aliphatic carbocycles. The highest BCUT2D eigenvalue weighted by Crippen LogP contribution is 2.42. The highest BCUT2D eigenvalue weighted by molar-refractivity contribution is 5.87. The Hall–Kier alpha value is -2.79. The molecule has 0 radical (unpaired) electrons. The van der Waals surface area contributed by atoms with Crippen LogP contribution in [0.1, 0.15) is 36.0 Å². The first kappa shape index (κ1) is 17.3. The lowest BCUT2D eigenvalue weighted by molar-refractivity contribution is -0.126. The van der Waals surface area contributed by atoms with Gasteiger partial charge in [-0.05, 0) is 53.7 Å². The summed E-state index contributed by atoms with van der Waals surface area (Å²) >= 11 is 0. The average Bonchev–Trinajstić information content (AvgIpc) is 3.29. The minimum atomic E-state index is 0.227. The smallest absolute Gasteiger partial charge is 0.231 e. The summed E-state index contributed by atoms with van der Waals surface area (Å²) in [4.78, 5) is 14.4. The molecule has 0 saturated carbocycles. The van der Waals surface area contributed by atoms with Crippen LogP contribution in [0.3, 0.4) is 0 Å². The van der Waals surface area contributed by atoms with E-state index in [4.69, 9.17) is 14.2 Å². The van der Waals surface area contributed by atoms with E-state index in [2.05, 4.69) is 24.3 Å². The predicted molar refractivity (Wildman–Crippen MR) is 105 cm³/mol. The Morgan fingerprint density at radius 3 is 2.68 bits per heavy atom. The van der Waals surface area contributed by atoms with Gasteiger partial charge in [-0.15, -0.1) is 0 Å². The molecule has 0 atom stereocenters. The molecule has 5 heteroatoms. The van der Waals surface area contributed by atoms with Crippen LogP contribution < -0.4 is 9.47 Å². The molecule has 1 amide bonds. The van der Waals surface area contributed by atoms with E-state index in [1.54, 1.807) is 0 Å². The van der Waals surface area contributed by atoms with Crippen LogP contribution in [-0.4, -0.2) is 30.8 Å². The summed E-state index contributed by atoms with van der Waals surface area (Å²) in [6.07, 6.45) is 3.01. The number of benzene rings is 2. The molecule has 0 spiro atoms. The van der Waals surface area contributed by atoms with Gasteiger partial charge in [-0.2, -0.15) is 0 Å². The molecule has 2 aromatic rings. The molecule has 3 aliphatic heterocycles. The number of carbonyl (C=O) groups is 1. The van der Waals surface area contributed by atoms with Crippen LogP contribution in [-0.2, 0) is 22.6 Å². The van der Waals surface area contributed by atoms with Gasteiger partial charge in [0, 0.05) is 18.7 Å². The lowest BCUT2D eigenvalue weighted by Gasteiger charge is -2.19. The standard InChI is InChI=1S/C23H23NO4/c25-23-7-6-20-18(9-11-26-14-16-4-2-1-3-5-16)19-13-22-21(27-15-28-22)12-17(19)8-10-24(20)23/h1-5,12-13H,6-11,14-15H2. The number of rotatable bonds is 5. The third kappa shape index (κ3) is 3.16. The van der Waals surface area contributed by atoms with Crippen molar-refractivity contribution < 1.29 is 19.0 Å². The summed E-state index contributed by atoms with van der Waals surface area (Å²) in [5.74, 6) is 1.82. The van der Waals surface area contributed by atoms with Gasteiger partial charge >= 0.3 is 0 Å². The van der Waals surface area contributed by atoms with Gasteiger partial charge in [0.25, 0.3) is 0 Å². The van der Waals surface area contributed by atoms with Crippen molar-refractivity contribution in [3.8, 4) is 11.5 Å². The van der Waals surface area contributed by atoms with E-state index >= 15 is 0 Å². The molecule has 1 fully saturated rings. The summed E-state index contributed by atoms with van der Waals surface area (Å²) in [6.45, 7) is 2.22. The fourth-order valence-electron chi connectivity index (χ4n) is 4.30. The molecule has 5 rings (SSSR count). The van der Waals surface area contributed by atoms with E-state index in [0.29, 0.717) is 19.6 Å². The van der Waals surface area contributed by atoms with Crippen LogP contribution >= 0.6 is 0 Å². The third-order valence-electron chi connectivity index (χ3n) is 5.69. The van der Waals surface area contributed by atoms with Gasteiger partial charge in [0.15, 0.2) is 11.5 Å². The van der Waals surface area contributed by atoms with E-state index in [0.717, 1.165) is 43.0 Å². The maximum atomic E-state index is 12.4. The number of amides is 1. The fraction of sp³-hybridized carbons (Fsp3) is 0.348. The molecule has 0 unspecified atom stereocenters. The largest absolute Gasteiger partial charge is 0.454 e. The highest BCUT2D eigenvalue weighted by Gasteiger charge is 2.32. The van der Waals surface area contributed by atoms with Crippen molar-refractivity contribution in [1.29, 1.82) is 0 Å². The van der Waals surface area contributed by atoms with E-state index in [9.17, 15) is 4.79 Å². The van der Waals surface area contributed by atoms with Crippen molar-refractivity contribution in [1.82, 2.24) is 4.90 Å². The van der Waals surface area contributed by atoms with E-state index in [1.807, 2.05) is 23.1 Å². The predicted octanol–water partition coefficient (Wildman–Crippen LogP) is 3.91. The normalized spacial score (nSPS) is 17.6. The van der Waals surface area contributed by atoms with E-state index in [-0.39, 0.29) is 12.7 Å². The Kier molecular flexibility index (Phi) is 4.53. The van der Waals surface area contributed by atoms with Crippen molar-refractivity contribution in [2.75, 3.05) is 19.9 Å². The summed E-state index contributed by atoms with van der Waals surface area (Å²) < 4.78 is 17.1. The van der Waals surface area contributed by atoms with Crippen molar-refractivity contribution >= 4 is 11.5 Å². The minimum absolute atomic E-state index is 0.227. The van der Waals surface area contributed by atoms with Crippen molar-refractivity contribution in [2.24, 2.45) is 0 Å². The van der Waals surface area contributed by atoms with Gasteiger partial charge < -0.3 is 19.1 Å². The SMILES string of the molecule is O=C1CCC2=C(CCOCc3ccccc3)c3cc4c(cc3CCN12)OCO4. The number of hydrogen-bond acceptors (Lipinski definition) is 4. The molecule has 144 valence electrons. The summed E-state index contributed by atoms with van der Waals surface area (Å²) in [5, 5.41) is 0. The molecular weight excluding hydrogens is 354 g/mol. The van der Waals surface area contributed by atoms with Gasteiger partial charge in [0.1, 0.15) is 0 Å². The topological polar surface area (TPSA) is 48.0 Å². The van der Waals surface area contributed by atoms with E-state index < -0.39 is 0 Å². The van der Waals surface area contributed by atoms with Crippen LogP contribution in [0.4, 0.5) is 0 Å². The van der Waals surface area contributed by atoms with Crippen LogP contribution in [0.15, 0.2) is 48.2 Å². The minimum Gasteiger partial charge on any atom is -0.454 e. The van der Waals surface area contributed by atoms with Gasteiger partial charge in [0.2, 0.25) is 12.7 Å². The molecule has 2 aromatic carbocycles. The summed E-state index contributed by atoms with van der Waals surface area (Å²) in [5.41, 5.74) is 5.94. The maximum Gasteiger partial charge on any atom is 0.231 e. The van der Waals surface area contributed by atoms with Crippen LogP contribution in [0.5, 0.6) is 11.5 Å². The molecule has 0 aromatic heterocycles. The number of carbonyl (C=O) groups excluding carboxylic acids is 1. The lowest BCUT2D eigenvalue weighted by Crippen LogP contribution is -2.25. The molecule has 28 heavy (non-hydrogen) atoms. The number of allylic oxidation sites excluding steroid dienone is 1. The molecule has 3 heterocycles. The second-order valence-corrected chi connectivity index (χ2v) is 7.37. The average molecular weight is 377 g/mol. The monoisotopic (exact) mass is 377 g/mol. The van der Waals surface area contributed by atoms with E-state index in [1.165, 1.54) is 22.3 Å². The second kappa shape index (κ2) is 7.32. The Bertz CT molecular complexity index is 935. The third-order valence-corrected chi connectivity index (χ3v) is 5.69. The molecule has 1 saturated heterocycles. The lowest BCUT2D eigenvalue weighted by atomic mass is 9.94. The fourth-order valence-corrected chi connectivity index (χ4v) is 4.30. The Labute approximate surface area is 164 Å². The van der Waals surface area contributed by atoms with Crippen LogP contribution in [0, 0.1) is 0 Å². The Morgan fingerprint density at radius 2 is 1.82 bits per heavy atom. The van der Waals surface area contributed by atoms with Crippen LogP contribution in [0.2, 0.25) is 0 Å². The zero-order valence-electron chi connectivity index (χ0n) is 15.8. The number of fused-ring (bicyclic) bond motifs is 3. The highest BCUT2D eigenvalue weighted by atomic mass is 16.7. The molecule has 0 bridgehead atoms. The van der Waals surface area contributed by atoms with Crippen molar-refractivity contribution in [3.63, 3.8) is 0 Å². The van der Waals surface area contributed by atoms with Crippen LogP contribution in [0.25, 0.3) is 5.57 Å². The van der Waals surface area contributed by atoms with Gasteiger partial charge in [0.05, 0.1) is 13.2 Å². The molecular formula is C23H23NO4. The first-order valence-electron chi connectivity index (χ1n) is 9.86. The molecule has 3 aliphatic rings. The van der Waals surface area contributed by atoms with Crippen molar-refractivity contribution in [2.45, 2.75) is 32.3 Å². The number of hydrogen-bond donors (Lipinski definition) is 0. The molecule has 5 nitrogen and oxygen atoms in total. The first-order chi connectivity index (χ1) is 13.8. The second-order valence-electron chi connectivity index (χ2n) is 7.37. The Balaban J connectivity index is 1.41. The zero-order chi connectivity index (χ0) is 18.9. The van der Waals surface area contributed by atoms with Gasteiger partial charge in [-0.25, -0.2) is 0 Å².